The minimum absolute atomic E-state index is 0.00779. The van der Waals surface area contributed by atoms with Gasteiger partial charge in [0.25, 0.3) is 0 Å². The van der Waals surface area contributed by atoms with Crippen molar-refractivity contribution in [2.45, 2.75) is 79.1 Å². The van der Waals surface area contributed by atoms with Gasteiger partial charge >= 0.3 is 0 Å². The molecule has 134 valence electrons. The lowest BCUT2D eigenvalue weighted by Gasteiger charge is -2.23. The molecule has 0 aromatic carbocycles. The van der Waals surface area contributed by atoms with Gasteiger partial charge in [-0.25, -0.2) is 0 Å². The summed E-state index contributed by atoms with van der Waals surface area (Å²) in [4.78, 5) is 11.9. The summed E-state index contributed by atoms with van der Waals surface area (Å²) in [7, 11) is 0. The molecular weight excluding hydrogens is 290 g/mol. The van der Waals surface area contributed by atoms with Crippen LogP contribution in [0, 0.1) is 10.8 Å². The molecule has 0 heterocycles. The number of unbranched alkanes of at least 4 members (excludes halogenated alkanes) is 2. The van der Waals surface area contributed by atoms with Crippen LogP contribution in [0.4, 0.5) is 0 Å². The van der Waals surface area contributed by atoms with Gasteiger partial charge in [-0.3, -0.25) is 4.79 Å². The summed E-state index contributed by atoms with van der Waals surface area (Å²) >= 11 is 0. The molecule has 0 aliphatic heterocycles. The Balaban J connectivity index is 3.81. The van der Waals surface area contributed by atoms with Crippen LogP contribution in [0.2, 0.25) is 0 Å². The fraction of sp³-hybridized carbons (Fsp3) is 0.824. The van der Waals surface area contributed by atoms with E-state index in [9.17, 15) is 4.79 Å². The van der Waals surface area contributed by atoms with E-state index >= 15 is 0 Å². The molecule has 0 aromatic rings. The average molecular weight is 326 g/mol. The zero-order valence-corrected chi connectivity index (χ0v) is 15.3. The summed E-state index contributed by atoms with van der Waals surface area (Å²) in [6, 6.07) is 0. The van der Waals surface area contributed by atoms with E-state index in [0.29, 0.717) is 24.5 Å². The molecule has 6 heteroatoms. The number of carbonyl (C=O) groups is 1. The number of nitrogens with two attached hydrogens (primary N) is 3. The van der Waals surface area contributed by atoms with Crippen molar-refractivity contribution >= 4 is 17.8 Å². The quantitative estimate of drug-likeness (QED) is 0.168. The highest BCUT2D eigenvalue weighted by molar-refractivity contribution is 5.85. The van der Waals surface area contributed by atoms with Crippen molar-refractivity contribution in [1.29, 1.82) is 0 Å². The summed E-state index contributed by atoms with van der Waals surface area (Å²) in [5.41, 5.74) is 5.58. The first kappa shape index (κ1) is 21.4. The van der Waals surface area contributed by atoms with Crippen molar-refractivity contribution in [2.24, 2.45) is 38.5 Å². The second kappa shape index (κ2) is 10.2. The Morgan fingerprint density at radius 1 is 0.957 bits per heavy atom. The molecule has 6 N–H and O–H groups in total. The minimum Gasteiger partial charge on any atom is -0.385 e. The van der Waals surface area contributed by atoms with Crippen LogP contribution in [0.1, 0.15) is 79.1 Å². The van der Waals surface area contributed by atoms with Gasteiger partial charge in [0.15, 0.2) is 0 Å². The van der Waals surface area contributed by atoms with Gasteiger partial charge in [-0.05, 0) is 25.7 Å². The molecule has 0 saturated heterocycles. The monoisotopic (exact) mass is 325 g/mol. The van der Waals surface area contributed by atoms with E-state index in [1.165, 1.54) is 0 Å². The second-order valence-corrected chi connectivity index (χ2v) is 7.62. The molecule has 0 amide bonds. The molecule has 0 atom stereocenters. The third-order valence-electron chi connectivity index (χ3n) is 4.29. The maximum Gasteiger partial charge on any atom is 0.132 e. The third-order valence-corrected chi connectivity index (χ3v) is 4.29. The number of hydrogen-bond donors (Lipinski definition) is 3. The van der Waals surface area contributed by atoms with Crippen molar-refractivity contribution in [3.05, 3.63) is 0 Å². The Morgan fingerprint density at radius 2 is 1.48 bits per heavy atom. The highest BCUT2D eigenvalue weighted by Gasteiger charge is 2.22. The number of nitrogens with zero attached hydrogens (tertiary/aromatic N) is 2. The smallest absolute Gasteiger partial charge is 0.132 e. The van der Waals surface area contributed by atoms with Crippen LogP contribution < -0.4 is 17.4 Å². The minimum atomic E-state index is -0.200. The summed E-state index contributed by atoms with van der Waals surface area (Å²) < 4.78 is 0. The molecule has 0 fully saturated rings. The van der Waals surface area contributed by atoms with Crippen molar-refractivity contribution in [3.63, 3.8) is 0 Å². The second-order valence-electron chi connectivity index (χ2n) is 7.62. The molecule has 0 rings (SSSR count). The van der Waals surface area contributed by atoms with E-state index < -0.39 is 0 Å². The van der Waals surface area contributed by atoms with Crippen molar-refractivity contribution in [2.75, 3.05) is 0 Å². The predicted octanol–water partition coefficient (Wildman–Crippen LogP) is 2.90. The number of ketones is 1. The highest BCUT2D eigenvalue weighted by Crippen LogP contribution is 2.24. The molecule has 0 radical (unpaired) electrons. The van der Waals surface area contributed by atoms with Gasteiger partial charge in [-0.1, -0.05) is 40.5 Å². The molecule has 0 saturated carbocycles. The van der Waals surface area contributed by atoms with E-state index in [2.05, 4.69) is 24.1 Å². The maximum atomic E-state index is 11.9. The standard InChI is InChI=1S/C17H35N5O/c1-16(2,13-21-19)11-7-5-9-14(23)10-6-8-12-17(3,4)15(18)22-20/h13H,5-12,19-20H2,1-4H3,(H2,18,22)/b21-13+. The largest absolute Gasteiger partial charge is 0.385 e. The number of Topliss-reactive ketones (excluding diaryl/α,β-unsaturated/α-hetero) is 1. The van der Waals surface area contributed by atoms with Crippen LogP contribution in [0.5, 0.6) is 0 Å². The first-order valence-corrected chi connectivity index (χ1v) is 8.44. The Hall–Kier alpha value is -1.59. The van der Waals surface area contributed by atoms with Gasteiger partial charge < -0.3 is 17.4 Å². The van der Waals surface area contributed by atoms with Gasteiger partial charge in [-0.15, -0.1) is 0 Å². The van der Waals surface area contributed by atoms with E-state index in [-0.39, 0.29) is 10.8 Å². The third kappa shape index (κ3) is 9.92. The van der Waals surface area contributed by atoms with E-state index in [0.717, 1.165) is 38.5 Å². The van der Waals surface area contributed by atoms with Crippen molar-refractivity contribution in [1.82, 2.24) is 0 Å². The maximum absolute atomic E-state index is 11.9. The van der Waals surface area contributed by atoms with Crippen LogP contribution in [-0.2, 0) is 4.79 Å². The fourth-order valence-corrected chi connectivity index (χ4v) is 2.49. The Morgan fingerprint density at radius 3 is 1.96 bits per heavy atom. The molecule has 23 heavy (non-hydrogen) atoms. The average Bonchev–Trinajstić information content (AvgIpc) is 2.47. The van der Waals surface area contributed by atoms with Crippen molar-refractivity contribution in [3.8, 4) is 0 Å². The van der Waals surface area contributed by atoms with E-state index in [1.54, 1.807) is 6.21 Å². The Labute approximate surface area is 140 Å². The number of hydrazone groups is 2. The molecule has 0 bridgehead atoms. The van der Waals surface area contributed by atoms with Crippen LogP contribution in [0.25, 0.3) is 0 Å². The normalized spacial score (nSPS) is 13.7. The topological polar surface area (TPSA) is 120 Å². The van der Waals surface area contributed by atoms with E-state index in [4.69, 9.17) is 17.4 Å². The molecule has 0 aliphatic carbocycles. The molecule has 0 unspecified atom stereocenters. The molecular formula is C17H35N5O. The first-order valence-electron chi connectivity index (χ1n) is 8.44. The summed E-state index contributed by atoms with van der Waals surface area (Å²) in [6.45, 7) is 8.24. The summed E-state index contributed by atoms with van der Waals surface area (Å²) in [6.07, 6.45) is 8.74. The molecule has 0 aliphatic rings. The summed E-state index contributed by atoms with van der Waals surface area (Å²) in [5, 5.41) is 7.16. The van der Waals surface area contributed by atoms with Gasteiger partial charge in [0.2, 0.25) is 0 Å². The van der Waals surface area contributed by atoms with Crippen LogP contribution in [0.3, 0.4) is 0 Å². The number of hydrogen-bond acceptors (Lipinski definition) is 5. The van der Waals surface area contributed by atoms with Crippen LogP contribution in [-0.4, -0.2) is 17.8 Å². The molecule has 6 nitrogen and oxygen atoms in total. The number of rotatable bonds is 12. The lowest BCUT2D eigenvalue weighted by Crippen LogP contribution is -2.32. The highest BCUT2D eigenvalue weighted by atomic mass is 16.1. The predicted molar refractivity (Wildman–Crippen MR) is 98.0 cm³/mol. The fourth-order valence-electron chi connectivity index (χ4n) is 2.49. The number of amidine groups is 1. The zero-order chi connectivity index (χ0) is 17.9. The number of carbonyl (C=O) groups excluding carboxylic acids is 1. The molecule has 0 spiro atoms. The lowest BCUT2D eigenvalue weighted by molar-refractivity contribution is -0.119. The van der Waals surface area contributed by atoms with E-state index in [1.807, 2.05) is 13.8 Å². The first-order chi connectivity index (χ1) is 10.6. The Bertz CT molecular complexity index is 413. The Kier molecular flexibility index (Phi) is 9.53. The van der Waals surface area contributed by atoms with Gasteiger partial charge in [0.05, 0.1) is 0 Å². The van der Waals surface area contributed by atoms with Gasteiger partial charge in [-0.2, -0.15) is 10.2 Å². The molecule has 0 aromatic heterocycles. The van der Waals surface area contributed by atoms with Gasteiger partial charge in [0, 0.05) is 29.9 Å². The van der Waals surface area contributed by atoms with Gasteiger partial charge in [0.1, 0.15) is 11.6 Å². The van der Waals surface area contributed by atoms with Crippen molar-refractivity contribution < 1.29 is 4.79 Å². The van der Waals surface area contributed by atoms with Crippen LogP contribution >= 0.6 is 0 Å². The van der Waals surface area contributed by atoms with Crippen LogP contribution in [0.15, 0.2) is 10.2 Å². The SMILES string of the molecule is CC(C)(/C=N/N)CCCCC(=O)CCCCC(C)(C)/C(N)=N/N. The summed E-state index contributed by atoms with van der Waals surface area (Å²) in [5.74, 6) is 11.2. The zero-order valence-electron chi connectivity index (χ0n) is 15.3. The lowest BCUT2D eigenvalue weighted by atomic mass is 9.85.